The number of hydrogen-bond donors (Lipinski definition) is 0. The second-order valence-corrected chi connectivity index (χ2v) is 7.64. The SMILES string of the molecule is C1=CC(C2CCCCC2C2C=Cc3ccccc32)c2ccccc21. The smallest absolute Gasteiger partial charge is 0.00584 e. The van der Waals surface area contributed by atoms with Crippen LogP contribution in [0.5, 0.6) is 0 Å². The zero-order chi connectivity index (χ0) is 15.9. The molecule has 3 aliphatic carbocycles. The zero-order valence-corrected chi connectivity index (χ0v) is 14.1. The Hall–Kier alpha value is -2.08. The van der Waals surface area contributed by atoms with Crippen LogP contribution in [-0.2, 0) is 0 Å². The van der Waals surface area contributed by atoms with Gasteiger partial charge < -0.3 is 0 Å². The fourth-order valence-corrected chi connectivity index (χ4v) is 5.38. The van der Waals surface area contributed by atoms with E-state index in [-0.39, 0.29) is 0 Å². The van der Waals surface area contributed by atoms with Crippen molar-refractivity contribution in [3.63, 3.8) is 0 Å². The van der Waals surface area contributed by atoms with Crippen molar-refractivity contribution >= 4 is 12.2 Å². The lowest BCUT2D eigenvalue weighted by Gasteiger charge is -2.39. The molecule has 5 rings (SSSR count). The Balaban J connectivity index is 1.50. The van der Waals surface area contributed by atoms with Crippen LogP contribution in [-0.4, -0.2) is 0 Å². The average Bonchev–Trinajstić information content (AvgIpc) is 3.26. The van der Waals surface area contributed by atoms with Crippen molar-refractivity contribution in [3.05, 3.63) is 82.9 Å². The van der Waals surface area contributed by atoms with Crippen molar-refractivity contribution in [2.45, 2.75) is 37.5 Å². The Morgan fingerprint density at radius 2 is 1.04 bits per heavy atom. The molecule has 4 unspecified atom stereocenters. The van der Waals surface area contributed by atoms with Crippen molar-refractivity contribution in [2.24, 2.45) is 11.8 Å². The molecule has 0 radical (unpaired) electrons. The van der Waals surface area contributed by atoms with Gasteiger partial charge in [-0.3, -0.25) is 0 Å². The standard InChI is InChI=1S/C24H24/c1-3-9-19-17(7-1)13-15-23(19)21-11-5-6-12-22(21)24-16-14-18-8-2-4-10-20(18)24/h1-4,7-10,13-16,21-24H,5-6,11-12H2. The van der Waals surface area contributed by atoms with Crippen LogP contribution in [0, 0.1) is 11.8 Å². The van der Waals surface area contributed by atoms with Gasteiger partial charge in [-0.25, -0.2) is 0 Å². The first-order valence-corrected chi connectivity index (χ1v) is 9.46. The third-order valence-corrected chi connectivity index (χ3v) is 6.47. The van der Waals surface area contributed by atoms with E-state index in [4.69, 9.17) is 0 Å². The highest BCUT2D eigenvalue weighted by Gasteiger charge is 2.38. The van der Waals surface area contributed by atoms with Crippen molar-refractivity contribution in [1.82, 2.24) is 0 Å². The quantitative estimate of drug-likeness (QED) is 0.600. The molecule has 0 amide bonds. The van der Waals surface area contributed by atoms with Crippen molar-refractivity contribution in [2.75, 3.05) is 0 Å². The van der Waals surface area contributed by atoms with E-state index in [2.05, 4.69) is 72.8 Å². The summed E-state index contributed by atoms with van der Waals surface area (Å²) in [6, 6.07) is 18.0. The molecule has 1 fully saturated rings. The topological polar surface area (TPSA) is 0 Å². The van der Waals surface area contributed by atoms with Gasteiger partial charge in [0, 0.05) is 11.8 Å². The highest BCUT2D eigenvalue weighted by Crippen LogP contribution is 2.51. The Morgan fingerprint density at radius 1 is 0.583 bits per heavy atom. The highest BCUT2D eigenvalue weighted by molar-refractivity contribution is 5.64. The Bertz CT molecular complexity index is 741. The minimum absolute atomic E-state index is 0.618. The molecule has 0 bridgehead atoms. The molecule has 0 heteroatoms. The number of hydrogen-bond acceptors (Lipinski definition) is 0. The Kier molecular flexibility index (Phi) is 3.43. The van der Waals surface area contributed by atoms with E-state index in [0.29, 0.717) is 11.8 Å². The van der Waals surface area contributed by atoms with Crippen LogP contribution in [0.4, 0.5) is 0 Å². The lowest BCUT2D eigenvalue weighted by Crippen LogP contribution is -2.28. The van der Waals surface area contributed by atoms with Gasteiger partial charge in [-0.05, 0) is 46.9 Å². The predicted octanol–water partition coefficient (Wildman–Crippen LogP) is 6.41. The summed E-state index contributed by atoms with van der Waals surface area (Å²) in [4.78, 5) is 0. The van der Waals surface area contributed by atoms with Gasteiger partial charge in [0.2, 0.25) is 0 Å². The van der Waals surface area contributed by atoms with Gasteiger partial charge >= 0.3 is 0 Å². The second-order valence-electron chi connectivity index (χ2n) is 7.64. The van der Waals surface area contributed by atoms with E-state index in [0.717, 1.165) is 11.8 Å². The Labute approximate surface area is 144 Å². The molecule has 0 heterocycles. The normalized spacial score (nSPS) is 30.3. The van der Waals surface area contributed by atoms with Crippen LogP contribution >= 0.6 is 0 Å². The summed E-state index contributed by atoms with van der Waals surface area (Å²) in [5.74, 6) is 2.79. The fourth-order valence-electron chi connectivity index (χ4n) is 5.38. The van der Waals surface area contributed by atoms with Crippen molar-refractivity contribution in [1.29, 1.82) is 0 Å². The van der Waals surface area contributed by atoms with Gasteiger partial charge in [0.1, 0.15) is 0 Å². The fraction of sp³-hybridized carbons (Fsp3) is 0.333. The first-order valence-electron chi connectivity index (χ1n) is 9.46. The lowest BCUT2D eigenvalue weighted by molar-refractivity contribution is 0.203. The largest absolute Gasteiger partial charge is 0.0761 e. The van der Waals surface area contributed by atoms with Crippen LogP contribution < -0.4 is 0 Å². The van der Waals surface area contributed by atoms with Crippen LogP contribution in [0.3, 0.4) is 0 Å². The van der Waals surface area contributed by atoms with E-state index in [1.807, 2.05) is 0 Å². The number of fused-ring (bicyclic) bond motifs is 2. The monoisotopic (exact) mass is 312 g/mol. The minimum Gasteiger partial charge on any atom is -0.0761 e. The van der Waals surface area contributed by atoms with E-state index >= 15 is 0 Å². The summed E-state index contributed by atoms with van der Waals surface area (Å²) in [7, 11) is 0. The maximum Gasteiger partial charge on any atom is 0.00584 e. The van der Waals surface area contributed by atoms with E-state index in [1.54, 1.807) is 11.1 Å². The van der Waals surface area contributed by atoms with Crippen LogP contribution in [0.25, 0.3) is 12.2 Å². The third-order valence-electron chi connectivity index (χ3n) is 6.47. The molecule has 0 aromatic heterocycles. The van der Waals surface area contributed by atoms with Gasteiger partial charge in [-0.2, -0.15) is 0 Å². The maximum absolute atomic E-state index is 2.48. The molecule has 2 aromatic rings. The molecule has 2 aromatic carbocycles. The first-order chi connectivity index (χ1) is 11.9. The first kappa shape index (κ1) is 14.3. The van der Waals surface area contributed by atoms with Gasteiger partial charge in [-0.15, -0.1) is 0 Å². The Morgan fingerprint density at radius 3 is 1.54 bits per heavy atom. The molecule has 1 saturated carbocycles. The van der Waals surface area contributed by atoms with Gasteiger partial charge in [-0.1, -0.05) is 85.7 Å². The second kappa shape index (κ2) is 5.77. The summed E-state index contributed by atoms with van der Waals surface area (Å²) in [6.07, 6.45) is 15.2. The summed E-state index contributed by atoms with van der Waals surface area (Å²) in [5, 5.41) is 0. The molecular weight excluding hydrogens is 288 g/mol. The molecule has 0 N–H and O–H groups in total. The predicted molar refractivity (Wildman–Crippen MR) is 102 cm³/mol. The number of benzene rings is 2. The van der Waals surface area contributed by atoms with Crippen LogP contribution in [0.1, 0.15) is 59.8 Å². The van der Waals surface area contributed by atoms with Crippen LogP contribution in [0.2, 0.25) is 0 Å². The molecule has 24 heavy (non-hydrogen) atoms. The van der Waals surface area contributed by atoms with Gasteiger partial charge in [0.05, 0.1) is 0 Å². The van der Waals surface area contributed by atoms with Crippen molar-refractivity contribution in [3.8, 4) is 0 Å². The van der Waals surface area contributed by atoms with E-state index in [1.165, 1.54) is 36.8 Å². The summed E-state index contributed by atoms with van der Waals surface area (Å²) < 4.78 is 0. The molecule has 0 saturated heterocycles. The highest BCUT2D eigenvalue weighted by atomic mass is 14.4. The van der Waals surface area contributed by atoms with E-state index in [9.17, 15) is 0 Å². The van der Waals surface area contributed by atoms with E-state index < -0.39 is 0 Å². The molecule has 3 aliphatic rings. The average molecular weight is 312 g/mol. The molecule has 0 nitrogen and oxygen atoms in total. The van der Waals surface area contributed by atoms with Crippen molar-refractivity contribution < 1.29 is 0 Å². The van der Waals surface area contributed by atoms with Gasteiger partial charge in [0.25, 0.3) is 0 Å². The zero-order valence-electron chi connectivity index (χ0n) is 14.1. The molecule has 120 valence electrons. The molecular formula is C24H24. The molecule has 4 atom stereocenters. The summed E-state index contributed by atoms with van der Waals surface area (Å²) in [6.45, 7) is 0. The minimum atomic E-state index is 0.618. The maximum atomic E-state index is 2.48. The van der Waals surface area contributed by atoms with Crippen LogP contribution in [0.15, 0.2) is 60.7 Å². The summed E-state index contributed by atoms with van der Waals surface area (Å²) in [5.41, 5.74) is 6.00. The molecule has 0 spiro atoms. The molecule has 0 aliphatic heterocycles. The third kappa shape index (κ3) is 2.20. The van der Waals surface area contributed by atoms with Gasteiger partial charge in [0.15, 0.2) is 0 Å². The summed E-state index contributed by atoms with van der Waals surface area (Å²) >= 11 is 0. The lowest BCUT2D eigenvalue weighted by atomic mass is 9.65. The number of rotatable bonds is 2. The number of allylic oxidation sites excluding steroid dienone is 2.